The molecule has 0 N–H and O–H groups in total. The molecule has 0 aliphatic carbocycles. The van der Waals surface area contributed by atoms with Crippen molar-refractivity contribution < 1.29 is 0 Å². The van der Waals surface area contributed by atoms with E-state index in [-0.39, 0.29) is 0 Å². The monoisotopic (exact) mass is 184 g/mol. The second-order valence-electron chi connectivity index (χ2n) is 3.46. The highest BCUT2D eigenvalue weighted by Gasteiger charge is 1.78. The SMILES string of the molecule is CCC.CCCC/C=C\CCCC. The van der Waals surface area contributed by atoms with Gasteiger partial charge in [0.2, 0.25) is 0 Å². The molecule has 0 aromatic rings. The van der Waals surface area contributed by atoms with Gasteiger partial charge in [0.15, 0.2) is 0 Å². The molecule has 0 unspecified atom stereocenters. The zero-order valence-electron chi connectivity index (χ0n) is 10.1. The van der Waals surface area contributed by atoms with Crippen LogP contribution < -0.4 is 0 Å². The Morgan fingerprint density at radius 2 is 1.00 bits per heavy atom. The molecular weight excluding hydrogens is 156 g/mol. The Labute approximate surface area is 85.4 Å². The average Bonchev–Trinajstić information content (AvgIpc) is 2.13. The van der Waals surface area contributed by atoms with Crippen LogP contribution in [0.1, 0.15) is 72.6 Å². The van der Waals surface area contributed by atoms with Crippen LogP contribution in [0, 0.1) is 0 Å². The van der Waals surface area contributed by atoms with Gasteiger partial charge in [-0.15, -0.1) is 0 Å². The van der Waals surface area contributed by atoms with Gasteiger partial charge in [-0.25, -0.2) is 0 Å². The summed E-state index contributed by atoms with van der Waals surface area (Å²) in [4.78, 5) is 0. The molecule has 0 heterocycles. The smallest absolute Gasteiger partial charge is 0.0351 e. The van der Waals surface area contributed by atoms with Crippen molar-refractivity contribution in [3.63, 3.8) is 0 Å². The van der Waals surface area contributed by atoms with Crippen molar-refractivity contribution >= 4 is 0 Å². The van der Waals surface area contributed by atoms with E-state index in [1.165, 1.54) is 44.9 Å². The number of rotatable bonds is 6. The lowest BCUT2D eigenvalue weighted by Crippen LogP contribution is -1.69. The summed E-state index contributed by atoms with van der Waals surface area (Å²) in [6, 6.07) is 0. The molecule has 0 radical (unpaired) electrons. The Morgan fingerprint density at radius 3 is 1.23 bits per heavy atom. The van der Waals surface area contributed by atoms with Gasteiger partial charge in [-0.2, -0.15) is 0 Å². The summed E-state index contributed by atoms with van der Waals surface area (Å²) in [5, 5.41) is 0. The van der Waals surface area contributed by atoms with Gasteiger partial charge >= 0.3 is 0 Å². The highest BCUT2D eigenvalue weighted by Crippen LogP contribution is 1.99. The Bertz CT molecular complexity index is 72.0. The molecule has 0 aromatic heterocycles. The van der Waals surface area contributed by atoms with Crippen LogP contribution >= 0.6 is 0 Å². The van der Waals surface area contributed by atoms with Gasteiger partial charge in [-0.1, -0.05) is 72.0 Å². The molecule has 0 heteroatoms. The van der Waals surface area contributed by atoms with Crippen molar-refractivity contribution in [3.8, 4) is 0 Å². The fourth-order valence-corrected chi connectivity index (χ4v) is 0.880. The highest BCUT2D eigenvalue weighted by molar-refractivity contribution is 4.80. The molecular formula is C13H28. The Balaban J connectivity index is 0. The first-order valence-corrected chi connectivity index (χ1v) is 5.98. The Morgan fingerprint density at radius 1 is 0.692 bits per heavy atom. The lowest BCUT2D eigenvalue weighted by atomic mass is 10.2. The summed E-state index contributed by atoms with van der Waals surface area (Å²) in [6.45, 7) is 8.72. The number of unbranched alkanes of at least 4 members (excludes halogenated alkanes) is 4. The minimum Gasteiger partial charge on any atom is -0.0885 e. The molecule has 0 fully saturated rings. The topological polar surface area (TPSA) is 0 Å². The lowest BCUT2D eigenvalue weighted by Gasteiger charge is -1.89. The van der Waals surface area contributed by atoms with Gasteiger partial charge in [0.1, 0.15) is 0 Å². The Kier molecular flexibility index (Phi) is 20.8. The maximum atomic E-state index is 2.32. The zero-order valence-corrected chi connectivity index (χ0v) is 10.1. The molecule has 0 saturated heterocycles. The van der Waals surface area contributed by atoms with E-state index in [1.807, 2.05) is 0 Å². The molecule has 0 atom stereocenters. The van der Waals surface area contributed by atoms with Gasteiger partial charge in [0.05, 0.1) is 0 Å². The van der Waals surface area contributed by atoms with E-state index in [4.69, 9.17) is 0 Å². The maximum absolute atomic E-state index is 2.32. The van der Waals surface area contributed by atoms with Crippen LogP contribution in [-0.4, -0.2) is 0 Å². The van der Waals surface area contributed by atoms with Gasteiger partial charge in [0, 0.05) is 0 Å². The van der Waals surface area contributed by atoms with Gasteiger partial charge < -0.3 is 0 Å². The summed E-state index contributed by atoms with van der Waals surface area (Å²) in [6.07, 6.45) is 13.8. The van der Waals surface area contributed by atoms with Crippen LogP contribution in [0.15, 0.2) is 12.2 Å². The first-order chi connectivity index (χ1) is 6.33. The molecule has 0 saturated carbocycles. The molecule has 80 valence electrons. The van der Waals surface area contributed by atoms with E-state index < -0.39 is 0 Å². The van der Waals surface area contributed by atoms with Gasteiger partial charge in [-0.3, -0.25) is 0 Å². The summed E-state index contributed by atoms with van der Waals surface area (Å²) in [5.41, 5.74) is 0. The molecule has 0 rings (SSSR count). The van der Waals surface area contributed by atoms with Crippen LogP contribution in [0.4, 0.5) is 0 Å². The fourth-order valence-electron chi connectivity index (χ4n) is 0.880. The van der Waals surface area contributed by atoms with Crippen molar-refractivity contribution in [3.05, 3.63) is 12.2 Å². The molecule has 0 bridgehead atoms. The van der Waals surface area contributed by atoms with E-state index in [0.29, 0.717) is 0 Å². The van der Waals surface area contributed by atoms with Crippen molar-refractivity contribution in [1.82, 2.24) is 0 Å². The van der Waals surface area contributed by atoms with Crippen molar-refractivity contribution in [1.29, 1.82) is 0 Å². The fraction of sp³-hybridized carbons (Fsp3) is 0.846. The molecule has 13 heavy (non-hydrogen) atoms. The van der Waals surface area contributed by atoms with E-state index in [1.54, 1.807) is 0 Å². The summed E-state index contributed by atoms with van der Waals surface area (Å²) >= 11 is 0. The molecule has 0 aromatic carbocycles. The van der Waals surface area contributed by atoms with E-state index >= 15 is 0 Å². The van der Waals surface area contributed by atoms with Gasteiger partial charge in [-0.05, 0) is 12.8 Å². The van der Waals surface area contributed by atoms with E-state index in [9.17, 15) is 0 Å². The molecule has 0 aliphatic heterocycles. The van der Waals surface area contributed by atoms with Crippen molar-refractivity contribution in [2.75, 3.05) is 0 Å². The van der Waals surface area contributed by atoms with E-state index in [2.05, 4.69) is 39.8 Å². The van der Waals surface area contributed by atoms with E-state index in [0.717, 1.165) is 0 Å². The van der Waals surface area contributed by atoms with Crippen molar-refractivity contribution in [2.45, 2.75) is 72.6 Å². The molecule has 0 spiro atoms. The summed E-state index contributed by atoms with van der Waals surface area (Å²) in [5.74, 6) is 0. The molecule has 0 nitrogen and oxygen atoms in total. The second kappa shape index (κ2) is 17.7. The predicted molar refractivity (Wildman–Crippen MR) is 64.2 cm³/mol. The average molecular weight is 184 g/mol. The summed E-state index contributed by atoms with van der Waals surface area (Å²) < 4.78 is 0. The molecule has 0 aliphatic rings. The number of hydrogen-bond acceptors (Lipinski definition) is 0. The second-order valence-corrected chi connectivity index (χ2v) is 3.46. The number of hydrogen-bond donors (Lipinski definition) is 0. The van der Waals surface area contributed by atoms with Gasteiger partial charge in [0.25, 0.3) is 0 Å². The van der Waals surface area contributed by atoms with Crippen LogP contribution in [-0.2, 0) is 0 Å². The van der Waals surface area contributed by atoms with Crippen LogP contribution in [0.5, 0.6) is 0 Å². The quantitative estimate of drug-likeness (QED) is 0.386. The number of allylic oxidation sites excluding steroid dienone is 2. The predicted octanol–water partition coefficient (Wildman–Crippen LogP) is 5.34. The maximum Gasteiger partial charge on any atom is -0.0351 e. The van der Waals surface area contributed by atoms with Crippen LogP contribution in [0.25, 0.3) is 0 Å². The zero-order chi connectivity index (χ0) is 10.4. The normalized spacial score (nSPS) is 9.85. The third-order valence-electron chi connectivity index (χ3n) is 1.62. The standard InChI is InChI=1S/C10H20.C3H8/c1-3-5-7-9-10-8-6-4-2;1-3-2/h9-10H,3-8H2,1-2H3;3H2,1-2H3/b10-9-;. The minimum absolute atomic E-state index is 1.25. The molecule has 0 amide bonds. The minimum atomic E-state index is 1.25. The van der Waals surface area contributed by atoms with Crippen molar-refractivity contribution in [2.24, 2.45) is 0 Å². The van der Waals surface area contributed by atoms with Crippen LogP contribution in [0.3, 0.4) is 0 Å². The van der Waals surface area contributed by atoms with Crippen LogP contribution in [0.2, 0.25) is 0 Å². The Hall–Kier alpha value is -0.260. The third-order valence-corrected chi connectivity index (χ3v) is 1.62. The highest BCUT2D eigenvalue weighted by atomic mass is 13.9. The lowest BCUT2D eigenvalue weighted by molar-refractivity contribution is 0.793. The first-order valence-electron chi connectivity index (χ1n) is 5.98. The largest absolute Gasteiger partial charge is 0.0885 e. The summed E-state index contributed by atoms with van der Waals surface area (Å²) in [7, 11) is 0. The third kappa shape index (κ3) is 24.5. The first kappa shape index (κ1) is 15.2.